The van der Waals surface area contributed by atoms with Gasteiger partial charge in [-0.15, -0.1) is 0 Å². The van der Waals surface area contributed by atoms with E-state index < -0.39 is 0 Å². The van der Waals surface area contributed by atoms with E-state index in [1.807, 2.05) is 11.8 Å². The standard InChI is InChI=1S/C11H24N2S/c1-10(14-2)6-8-12-9-11-5-3-4-7-13-11/h10-13H,3-9H2,1-2H3. The van der Waals surface area contributed by atoms with Crippen LogP contribution in [-0.2, 0) is 0 Å². The molecular weight excluding hydrogens is 192 g/mol. The molecule has 0 aromatic heterocycles. The molecule has 1 fully saturated rings. The molecule has 14 heavy (non-hydrogen) atoms. The number of hydrogen-bond acceptors (Lipinski definition) is 3. The smallest absolute Gasteiger partial charge is 0.0192 e. The van der Waals surface area contributed by atoms with E-state index in [4.69, 9.17) is 0 Å². The van der Waals surface area contributed by atoms with Gasteiger partial charge in [-0.2, -0.15) is 11.8 Å². The molecule has 1 saturated heterocycles. The molecule has 0 amide bonds. The van der Waals surface area contributed by atoms with Crippen LogP contribution in [0, 0.1) is 0 Å². The summed E-state index contributed by atoms with van der Waals surface area (Å²) in [5, 5.41) is 7.89. The van der Waals surface area contributed by atoms with Gasteiger partial charge in [-0.3, -0.25) is 0 Å². The fourth-order valence-corrected chi connectivity index (χ4v) is 2.15. The zero-order valence-corrected chi connectivity index (χ0v) is 10.3. The zero-order chi connectivity index (χ0) is 10.2. The van der Waals surface area contributed by atoms with Gasteiger partial charge in [-0.25, -0.2) is 0 Å². The van der Waals surface area contributed by atoms with Crippen molar-refractivity contribution in [2.45, 2.75) is 43.9 Å². The van der Waals surface area contributed by atoms with Crippen molar-refractivity contribution in [2.24, 2.45) is 0 Å². The highest BCUT2D eigenvalue weighted by Gasteiger charge is 2.11. The van der Waals surface area contributed by atoms with Crippen molar-refractivity contribution in [1.29, 1.82) is 0 Å². The Kier molecular flexibility index (Phi) is 6.65. The molecule has 1 aliphatic rings. The molecule has 0 aromatic rings. The van der Waals surface area contributed by atoms with E-state index >= 15 is 0 Å². The summed E-state index contributed by atoms with van der Waals surface area (Å²) < 4.78 is 0. The van der Waals surface area contributed by atoms with Crippen molar-refractivity contribution in [3.8, 4) is 0 Å². The SMILES string of the molecule is CSC(C)CCNCC1CCCCN1. The Balaban J connectivity index is 1.92. The maximum atomic E-state index is 3.55. The van der Waals surface area contributed by atoms with Crippen molar-refractivity contribution in [3.05, 3.63) is 0 Å². The van der Waals surface area contributed by atoms with E-state index in [0.717, 1.165) is 17.8 Å². The Morgan fingerprint density at radius 1 is 1.50 bits per heavy atom. The largest absolute Gasteiger partial charge is 0.315 e. The predicted octanol–water partition coefficient (Wildman–Crippen LogP) is 1.86. The van der Waals surface area contributed by atoms with E-state index in [0.29, 0.717) is 0 Å². The molecule has 0 bridgehead atoms. The second kappa shape index (κ2) is 7.55. The summed E-state index contributed by atoms with van der Waals surface area (Å²) in [5.41, 5.74) is 0. The van der Waals surface area contributed by atoms with E-state index in [1.165, 1.54) is 38.8 Å². The van der Waals surface area contributed by atoms with Crippen LogP contribution in [0.4, 0.5) is 0 Å². The lowest BCUT2D eigenvalue weighted by Crippen LogP contribution is -2.42. The molecule has 1 heterocycles. The van der Waals surface area contributed by atoms with E-state index in [-0.39, 0.29) is 0 Å². The molecule has 2 N–H and O–H groups in total. The monoisotopic (exact) mass is 216 g/mol. The van der Waals surface area contributed by atoms with Gasteiger partial charge in [-0.1, -0.05) is 13.3 Å². The molecule has 0 radical (unpaired) electrons. The molecule has 3 heteroatoms. The lowest BCUT2D eigenvalue weighted by atomic mass is 10.1. The summed E-state index contributed by atoms with van der Waals surface area (Å²) >= 11 is 1.96. The van der Waals surface area contributed by atoms with Crippen molar-refractivity contribution in [1.82, 2.24) is 10.6 Å². The lowest BCUT2D eigenvalue weighted by Gasteiger charge is -2.23. The van der Waals surface area contributed by atoms with Crippen LogP contribution in [0.1, 0.15) is 32.6 Å². The highest BCUT2D eigenvalue weighted by atomic mass is 32.2. The molecule has 84 valence electrons. The fraction of sp³-hybridized carbons (Fsp3) is 1.00. The summed E-state index contributed by atoms with van der Waals surface area (Å²) in [6, 6.07) is 0.730. The van der Waals surface area contributed by atoms with Gasteiger partial charge < -0.3 is 10.6 Å². The second-order valence-corrected chi connectivity index (χ2v) is 5.46. The van der Waals surface area contributed by atoms with Gasteiger partial charge in [0.1, 0.15) is 0 Å². The Bertz CT molecular complexity index is 135. The van der Waals surface area contributed by atoms with E-state index in [2.05, 4.69) is 23.8 Å². The number of piperidine rings is 1. The molecule has 2 atom stereocenters. The molecule has 2 nitrogen and oxygen atoms in total. The Labute approximate surface area is 92.6 Å². The Hall–Kier alpha value is 0.270. The zero-order valence-electron chi connectivity index (χ0n) is 9.51. The van der Waals surface area contributed by atoms with E-state index in [9.17, 15) is 0 Å². The summed E-state index contributed by atoms with van der Waals surface area (Å²) in [5.74, 6) is 0. The van der Waals surface area contributed by atoms with Crippen LogP contribution < -0.4 is 10.6 Å². The fourth-order valence-electron chi connectivity index (χ4n) is 1.80. The summed E-state index contributed by atoms with van der Waals surface area (Å²) in [6.07, 6.45) is 7.59. The van der Waals surface area contributed by atoms with Gasteiger partial charge >= 0.3 is 0 Å². The normalized spacial score (nSPS) is 24.9. The first-order valence-corrected chi connectivity index (χ1v) is 7.08. The average Bonchev–Trinajstić information content (AvgIpc) is 2.25. The van der Waals surface area contributed by atoms with Gasteiger partial charge in [0, 0.05) is 17.8 Å². The van der Waals surface area contributed by atoms with Crippen LogP contribution in [0.3, 0.4) is 0 Å². The molecule has 1 aliphatic heterocycles. The minimum atomic E-state index is 0.730. The van der Waals surface area contributed by atoms with Gasteiger partial charge in [-0.05, 0) is 38.6 Å². The van der Waals surface area contributed by atoms with Crippen molar-refractivity contribution >= 4 is 11.8 Å². The average molecular weight is 216 g/mol. The first-order chi connectivity index (χ1) is 6.83. The number of thioether (sulfide) groups is 1. The molecule has 2 unspecified atom stereocenters. The number of hydrogen-bond donors (Lipinski definition) is 2. The highest BCUT2D eigenvalue weighted by molar-refractivity contribution is 7.99. The van der Waals surface area contributed by atoms with Gasteiger partial charge in [0.15, 0.2) is 0 Å². The first kappa shape index (κ1) is 12.3. The van der Waals surface area contributed by atoms with Crippen LogP contribution in [0.15, 0.2) is 0 Å². The van der Waals surface area contributed by atoms with Crippen LogP contribution in [0.2, 0.25) is 0 Å². The Morgan fingerprint density at radius 3 is 3.00 bits per heavy atom. The molecule has 0 aromatic carbocycles. The van der Waals surface area contributed by atoms with Gasteiger partial charge in [0.2, 0.25) is 0 Å². The first-order valence-electron chi connectivity index (χ1n) is 5.80. The minimum absolute atomic E-state index is 0.730. The van der Waals surface area contributed by atoms with Crippen molar-refractivity contribution in [3.63, 3.8) is 0 Å². The maximum absolute atomic E-state index is 3.55. The van der Waals surface area contributed by atoms with Crippen LogP contribution in [-0.4, -0.2) is 37.2 Å². The highest BCUT2D eigenvalue weighted by Crippen LogP contribution is 2.08. The predicted molar refractivity (Wildman–Crippen MR) is 66.1 cm³/mol. The van der Waals surface area contributed by atoms with Crippen molar-refractivity contribution < 1.29 is 0 Å². The van der Waals surface area contributed by atoms with Gasteiger partial charge in [0.05, 0.1) is 0 Å². The molecule has 1 rings (SSSR count). The van der Waals surface area contributed by atoms with Crippen LogP contribution >= 0.6 is 11.8 Å². The van der Waals surface area contributed by atoms with Crippen molar-refractivity contribution in [2.75, 3.05) is 25.9 Å². The van der Waals surface area contributed by atoms with E-state index in [1.54, 1.807) is 0 Å². The molecular formula is C11H24N2S. The third-order valence-electron chi connectivity index (χ3n) is 2.93. The number of rotatable bonds is 6. The van der Waals surface area contributed by atoms with Gasteiger partial charge in [0.25, 0.3) is 0 Å². The minimum Gasteiger partial charge on any atom is -0.315 e. The maximum Gasteiger partial charge on any atom is 0.0192 e. The topological polar surface area (TPSA) is 24.1 Å². The Morgan fingerprint density at radius 2 is 2.36 bits per heavy atom. The third kappa shape index (κ3) is 5.23. The second-order valence-electron chi connectivity index (χ2n) is 4.19. The third-order valence-corrected chi connectivity index (χ3v) is 3.97. The quantitative estimate of drug-likeness (QED) is 0.663. The molecule has 0 saturated carbocycles. The number of nitrogens with one attached hydrogen (secondary N) is 2. The molecule has 0 spiro atoms. The summed E-state index contributed by atoms with van der Waals surface area (Å²) in [7, 11) is 0. The lowest BCUT2D eigenvalue weighted by molar-refractivity contribution is 0.383. The van der Waals surface area contributed by atoms with Crippen LogP contribution in [0.25, 0.3) is 0 Å². The van der Waals surface area contributed by atoms with Crippen LogP contribution in [0.5, 0.6) is 0 Å². The molecule has 0 aliphatic carbocycles. The summed E-state index contributed by atoms with van der Waals surface area (Å²) in [6.45, 7) is 5.83. The summed E-state index contributed by atoms with van der Waals surface area (Å²) in [4.78, 5) is 0.